The lowest BCUT2D eigenvalue weighted by Gasteiger charge is -2.17. The van der Waals surface area contributed by atoms with E-state index in [1.807, 2.05) is 4.98 Å². The van der Waals surface area contributed by atoms with Crippen LogP contribution in [0.4, 0.5) is 0 Å². The van der Waals surface area contributed by atoms with Crippen molar-refractivity contribution in [3.05, 3.63) is 43.5 Å². The Morgan fingerprint density at radius 2 is 2.36 bits per heavy atom. The summed E-state index contributed by atoms with van der Waals surface area (Å²) < 4.78 is 11.2. The predicted molar refractivity (Wildman–Crippen MR) is 70.8 cm³/mol. The number of aromatic nitrogens is 2. The van der Waals surface area contributed by atoms with E-state index < -0.39 is 41.7 Å². The molecule has 4 atom stereocenters. The maximum Gasteiger partial charge on any atom is 0.330 e. The SMILES string of the molecule is CC(=O)OC[C@H]1O[C@@H](n2ccc(=O)[nH]c2=O)[C@H](N=[N+]=[N-])[C@@H]1O. The van der Waals surface area contributed by atoms with Crippen molar-refractivity contribution in [2.45, 2.75) is 31.4 Å². The molecule has 1 aliphatic heterocycles. The Morgan fingerprint density at radius 3 is 2.95 bits per heavy atom. The fourth-order valence-corrected chi connectivity index (χ4v) is 2.11. The van der Waals surface area contributed by atoms with Gasteiger partial charge in [0.05, 0.1) is 6.10 Å². The van der Waals surface area contributed by atoms with E-state index in [-0.39, 0.29) is 6.61 Å². The van der Waals surface area contributed by atoms with Crippen LogP contribution in [0.25, 0.3) is 10.4 Å². The molecule has 0 bridgehead atoms. The Hall–Kier alpha value is -2.62. The summed E-state index contributed by atoms with van der Waals surface area (Å²) in [7, 11) is 0. The summed E-state index contributed by atoms with van der Waals surface area (Å²) in [5.41, 5.74) is 7.21. The van der Waals surface area contributed by atoms with Crippen LogP contribution in [0.15, 0.2) is 27.0 Å². The minimum Gasteiger partial charge on any atom is -0.463 e. The topological polar surface area (TPSA) is 159 Å². The zero-order chi connectivity index (χ0) is 16.3. The van der Waals surface area contributed by atoms with Crippen molar-refractivity contribution in [1.29, 1.82) is 0 Å². The van der Waals surface area contributed by atoms with Crippen LogP contribution in [0.2, 0.25) is 0 Å². The second-order valence-corrected chi connectivity index (χ2v) is 4.57. The van der Waals surface area contributed by atoms with Gasteiger partial charge in [0.1, 0.15) is 25.0 Å². The van der Waals surface area contributed by atoms with E-state index in [4.69, 9.17) is 15.0 Å². The monoisotopic (exact) mass is 311 g/mol. The molecule has 1 aromatic heterocycles. The van der Waals surface area contributed by atoms with Crippen molar-refractivity contribution in [3.63, 3.8) is 0 Å². The van der Waals surface area contributed by atoms with Gasteiger partial charge in [-0.05, 0) is 5.53 Å². The second kappa shape index (κ2) is 6.43. The summed E-state index contributed by atoms with van der Waals surface area (Å²) in [4.78, 5) is 38.3. The van der Waals surface area contributed by atoms with Gasteiger partial charge in [0.25, 0.3) is 5.56 Å². The molecule has 2 rings (SSSR count). The van der Waals surface area contributed by atoms with Gasteiger partial charge in [-0.1, -0.05) is 5.11 Å². The summed E-state index contributed by atoms with van der Waals surface area (Å²) in [6.45, 7) is 0.929. The number of nitrogens with one attached hydrogen (secondary N) is 1. The Bertz CT molecular complexity index is 720. The normalized spacial score (nSPS) is 27.2. The number of aliphatic hydroxyl groups is 1. The number of esters is 1. The summed E-state index contributed by atoms with van der Waals surface area (Å²) in [5, 5.41) is 13.5. The second-order valence-electron chi connectivity index (χ2n) is 4.57. The first-order valence-electron chi connectivity index (χ1n) is 6.26. The van der Waals surface area contributed by atoms with E-state index >= 15 is 0 Å². The number of aliphatic hydroxyl groups excluding tert-OH is 1. The number of rotatable bonds is 4. The van der Waals surface area contributed by atoms with E-state index in [1.54, 1.807) is 0 Å². The molecule has 0 aliphatic carbocycles. The lowest BCUT2D eigenvalue weighted by atomic mass is 10.1. The average Bonchev–Trinajstić information content (AvgIpc) is 2.74. The maximum atomic E-state index is 11.8. The lowest BCUT2D eigenvalue weighted by Crippen LogP contribution is -2.36. The van der Waals surface area contributed by atoms with Gasteiger partial charge in [-0.3, -0.25) is 19.1 Å². The number of H-pyrrole nitrogens is 1. The smallest absolute Gasteiger partial charge is 0.330 e. The molecule has 1 saturated heterocycles. The molecule has 118 valence electrons. The van der Waals surface area contributed by atoms with Gasteiger partial charge in [0, 0.05) is 24.1 Å². The van der Waals surface area contributed by atoms with Gasteiger partial charge >= 0.3 is 11.7 Å². The molecule has 1 aliphatic rings. The Labute approximate surface area is 122 Å². The van der Waals surface area contributed by atoms with Gasteiger partial charge in [-0.15, -0.1) is 0 Å². The van der Waals surface area contributed by atoms with Crippen LogP contribution in [-0.4, -0.2) is 45.5 Å². The molecule has 0 spiro atoms. The molecule has 2 heterocycles. The molecule has 1 aromatic rings. The molecule has 0 amide bonds. The maximum absolute atomic E-state index is 11.8. The molecular formula is C11H13N5O6. The fraction of sp³-hybridized carbons (Fsp3) is 0.545. The quantitative estimate of drug-likeness (QED) is 0.315. The molecule has 22 heavy (non-hydrogen) atoms. The third-order valence-electron chi connectivity index (χ3n) is 3.10. The van der Waals surface area contributed by atoms with Crippen LogP contribution >= 0.6 is 0 Å². The van der Waals surface area contributed by atoms with Crippen LogP contribution in [-0.2, 0) is 14.3 Å². The Kier molecular flexibility index (Phi) is 4.61. The molecule has 1 fully saturated rings. The summed E-state index contributed by atoms with van der Waals surface area (Å²) in [5.74, 6) is -0.569. The molecule has 0 unspecified atom stereocenters. The van der Waals surface area contributed by atoms with Gasteiger partial charge in [0.2, 0.25) is 0 Å². The summed E-state index contributed by atoms with van der Waals surface area (Å²) >= 11 is 0. The van der Waals surface area contributed by atoms with Gasteiger partial charge in [0.15, 0.2) is 0 Å². The van der Waals surface area contributed by atoms with Crippen molar-refractivity contribution < 1.29 is 19.4 Å². The van der Waals surface area contributed by atoms with E-state index in [0.717, 1.165) is 16.8 Å². The first-order chi connectivity index (χ1) is 10.4. The minimum absolute atomic E-state index is 0.261. The minimum atomic E-state index is -1.28. The van der Waals surface area contributed by atoms with Crippen molar-refractivity contribution in [2.75, 3.05) is 6.61 Å². The van der Waals surface area contributed by atoms with Crippen LogP contribution < -0.4 is 11.2 Å². The lowest BCUT2D eigenvalue weighted by molar-refractivity contribution is -0.147. The molecule has 0 saturated carbocycles. The highest BCUT2D eigenvalue weighted by Gasteiger charge is 2.45. The average molecular weight is 311 g/mol. The Morgan fingerprint density at radius 1 is 1.64 bits per heavy atom. The standard InChI is InChI=1S/C11H13N5O6/c1-5(17)21-4-6-9(19)8(14-15-12)10(22-6)16-3-2-7(18)13-11(16)20/h2-3,6,8-10,19H,4H2,1H3,(H,13,18,20)/t6-,8-,9-,10-/m1/s1. The molecule has 11 nitrogen and oxygen atoms in total. The predicted octanol–water partition coefficient (Wildman–Crippen LogP) is -0.963. The number of hydrogen-bond donors (Lipinski definition) is 2. The molecule has 0 radical (unpaired) electrons. The van der Waals surface area contributed by atoms with Gasteiger partial charge in [-0.2, -0.15) is 0 Å². The number of carbonyl (C=O) groups is 1. The molecular weight excluding hydrogens is 298 g/mol. The first kappa shape index (κ1) is 15.8. The number of hydrogen-bond acceptors (Lipinski definition) is 7. The van der Waals surface area contributed by atoms with E-state index in [1.165, 1.54) is 6.92 Å². The Balaban J connectivity index is 2.32. The first-order valence-corrected chi connectivity index (χ1v) is 6.26. The molecule has 0 aromatic carbocycles. The highest BCUT2D eigenvalue weighted by molar-refractivity contribution is 5.65. The summed E-state index contributed by atoms with van der Waals surface area (Å²) in [6.07, 6.45) is -2.22. The van der Waals surface area contributed by atoms with Crippen LogP contribution in [0, 0.1) is 0 Å². The number of carbonyl (C=O) groups excluding carboxylic acids is 1. The van der Waals surface area contributed by atoms with Gasteiger partial charge < -0.3 is 14.6 Å². The number of aromatic amines is 1. The van der Waals surface area contributed by atoms with Crippen molar-refractivity contribution >= 4 is 5.97 Å². The van der Waals surface area contributed by atoms with E-state index in [9.17, 15) is 19.5 Å². The van der Waals surface area contributed by atoms with Crippen LogP contribution in [0.3, 0.4) is 0 Å². The third-order valence-corrected chi connectivity index (χ3v) is 3.10. The summed E-state index contributed by atoms with van der Waals surface area (Å²) in [6, 6.07) is -0.0295. The van der Waals surface area contributed by atoms with Crippen LogP contribution in [0.5, 0.6) is 0 Å². The van der Waals surface area contributed by atoms with Crippen molar-refractivity contribution in [3.8, 4) is 0 Å². The largest absolute Gasteiger partial charge is 0.463 e. The molecule has 2 N–H and O–H groups in total. The van der Waals surface area contributed by atoms with E-state index in [2.05, 4.69) is 10.0 Å². The van der Waals surface area contributed by atoms with Crippen LogP contribution in [0.1, 0.15) is 13.2 Å². The third kappa shape index (κ3) is 3.17. The molecule has 11 heteroatoms. The fourth-order valence-electron chi connectivity index (χ4n) is 2.11. The highest BCUT2D eigenvalue weighted by atomic mass is 16.6. The highest BCUT2D eigenvalue weighted by Crippen LogP contribution is 2.31. The van der Waals surface area contributed by atoms with E-state index in [0.29, 0.717) is 0 Å². The number of nitrogens with zero attached hydrogens (tertiary/aromatic N) is 4. The number of ether oxygens (including phenoxy) is 2. The van der Waals surface area contributed by atoms with Gasteiger partial charge in [-0.25, -0.2) is 4.79 Å². The van der Waals surface area contributed by atoms with Crippen molar-refractivity contribution in [1.82, 2.24) is 9.55 Å². The zero-order valence-corrected chi connectivity index (χ0v) is 11.4. The van der Waals surface area contributed by atoms with Crippen molar-refractivity contribution in [2.24, 2.45) is 5.11 Å². The zero-order valence-electron chi connectivity index (χ0n) is 11.4. The number of azide groups is 1.